The Bertz CT molecular complexity index is 792. The van der Waals surface area contributed by atoms with E-state index >= 15 is 0 Å². The number of nitrogens with one attached hydrogen (secondary N) is 1. The molecule has 1 saturated heterocycles. The highest BCUT2D eigenvalue weighted by molar-refractivity contribution is 7.92. The summed E-state index contributed by atoms with van der Waals surface area (Å²) < 4.78 is 37.7. The van der Waals surface area contributed by atoms with E-state index in [2.05, 4.69) is 10.3 Å². The van der Waals surface area contributed by atoms with Gasteiger partial charge in [-0.2, -0.15) is 0 Å². The SMILES string of the molecule is CC1CCC(NCc2ccc(F)c3cccnc23)CS1(=O)=O. The maximum absolute atomic E-state index is 13.8. The number of fused-ring (bicyclic) bond motifs is 1. The van der Waals surface area contributed by atoms with Gasteiger partial charge in [-0.25, -0.2) is 12.8 Å². The Kier molecular flexibility index (Phi) is 4.14. The second-order valence-corrected chi connectivity index (χ2v) is 8.37. The largest absolute Gasteiger partial charge is 0.309 e. The molecule has 1 fully saturated rings. The summed E-state index contributed by atoms with van der Waals surface area (Å²) >= 11 is 0. The van der Waals surface area contributed by atoms with E-state index in [4.69, 9.17) is 0 Å². The van der Waals surface area contributed by atoms with Crippen molar-refractivity contribution in [3.8, 4) is 0 Å². The summed E-state index contributed by atoms with van der Waals surface area (Å²) in [6.07, 6.45) is 3.16. The molecule has 118 valence electrons. The molecule has 6 heteroatoms. The van der Waals surface area contributed by atoms with E-state index in [1.165, 1.54) is 6.07 Å². The molecule has 1 N–H and O–H groups in total. The van der Waals surface area contributed by atoms with Gasteiger partial charge in [0.2, 0.25) is 0 Å². The van der Waals surface area contributed by atoms with Gasteiger partial charge >= 0.3 is 0 Å². The zero-order valence-corrected chi connectivity index (χ0v) is 13.2. The Morgan fingerprint density at radius 2 is 2.14 bits per heavy atom. The summed E-state index contributed by atoms with van der Waals surface area (Å²) in [5.74, 6) is -0.123. The van der Waals surface area contributed by atoms with Gasteiger partial charge in [0.15, 0.2) is 9.84 Å². The molecule has 0 bridgehead atoms. The molecule has 22 heavy (non-hydrogen) atoms. The van der Waals surface area contributed by atoms with Crippen LogP contribution in [0.25, 0.3) is 10.9 Å². The number of benzene rings is 1. The molecule has 2 atom stereocenters. The molecule has 2 unspecified atom stereocenters. The van der Waals surface area contributed by atoms with Crippen LogP contribution in [-0.4, -0.2) is 30.4 Å². The van der Waals surface area contributed by atoms with Crippen LogP contribution < -0.4 is 5.32 Å². The standard InChI is InChI=1S/C16H19FN2O2S/c1-11-4-6-13(10-22(11,20)21)19-9-12-5-7-15(17)14-3-2-8-18-16(12)14/h2-3,5,7-8,11,13,19H,4,6,9-10H2,1H3. The highest BCUT2D eigenvalue weighted by Crippen LogP contribution is 2.22. The average Bonchev–Trinajstić information content (AvgIpc) is 2.50. The zero-order valence-electron chi connectivity index (χ0n) is 12.4. The summed E-state index contributed by atoms with van der Waals surface area (Å²) in [4.78, 5) is 4.25. The van der Waals surface area contributed by atoms with Crippen molar-refractivity contribution >= 4 is 20.7 Å². The number of sulfone groups is 1. The summed E-state index contributed by atoms with van der Waals surface area (Å²) in [5, 5.41) is 3.53. The zero-order chi connectivity index (χ0) is 15.7. The lowest BCUT2D eigenvalue weighted by Crippen LogP contribution is -2.42. The van der Waals surface area contributed by atoms with Crippen molar-refractivity contribution in [1.82, 2.24) is 10.3 Å². The molecule has 2 heterocycles. The number of hydrogen-bond donors (Lipinski definition) is 1. The molecule has 0 aliphatic carbocycles. The van der Waals surface area contributed by atoms with Crippen LogP contribution in [0.5, 0.6) is 0 Å². The molecule has 3 rings (SSSR count). The minimum Gasteiger partial charge on any atom is -0.309 e. The van der Waals surface area contributed by atoms with Crippen LogP contribution >= 0.6 is 0 Å². The summed E-state index contributed by atoms with van der Waals surface area (Å²) in [5.41, 5.74) is 1.51. The molecule has 1 aliphatic rings. The van der Waals surface area contributed by atoms with Gasteiger partial charge in [-0.05, 0) is 43.5 Å². The van der Waals surface area contributed by atoms with E-state index in [-0.39, 0.29) is 22.9 Å². The Morgan fingerprint density at radius 3 is 2.91 bits per heavy atom. The van der Waals surface area contributed by atoms with Gasteiger partial charge < -0.3 is 5.32 Å². The van der Waals surface area contributed by atoms with Gasteiger partial charge in [0.25, 0.3) is 0 Å². The lowest BCUT2D eigenvalue weighted by Gasteiger charge is -2.27. The van der Waals surface area contributed by atoms with Crippen LogP contribution in [0.3, 0.4) is 0 Å². The monoisotopic (exact) mass is 322 g/mol. The quantitative estimate of drug-likeness (QED) is 0.943. The molecule has 1 aliphatic heterocycles. The fourth-order valence-electron chi connectivity index (χ4n) is 2.90. The van der Waals surface area contributed by atoms with Crippen LogP contribution in [0.15, 0.2) is 30.5 Å². The first-order chi connectivity index (χ1) is 10.5. The highest BCUT2D eigenvalue weighted by atomic mass is 32.2. The smallest absolute Gasteiger partial charge is 0.154 e. The Hall–Kier alpha value is -1.53. The second kappa shape index (κ2) is 5.93. The Balaban J connectivity index is 1.76. The van der Waals surface area contributed by atoms with Crippen LogP contribution in [-0.2, 0) is 16.4 Å². The third-order valence-electron chi connectivity index (χ3n) is 4.35. The first kappa shape index (κ1) is 15.4. The minimum atomic E-state index is -3.00. The van der Waals surface area contributed by atoms with Gasteiger partial charge in [-0.15, -0.1) is 0 Å². The van der Waals surface area contributed by atoms with E-state index in [0.717, 1.165) is 12.0 Å². The number of halogens is 1. The lowest BCUT2D eigenvalue weighted by atomic mass is 10.1. The predicted octanol–water partition coefficient (Wildman–Crippen LogP) is 2.43. The maximum atomic E-state index is 13.8. The van der Waals surface area contributed by atoms with Crippen LogP contribution in [0.2, 0.25) is 0 Å². The Morgan fingerprint density at radius 1 is 1.32 bits per heavy atom. The van der Waals surface area contributed by atoms with Crippen LogP contribution in [0.1, 0.15) is 25.3 Å². The first-order valence-electron chi connectivity index (χ1n) is 7.44. The van der Waals surface area contributed by atoms with Crippen LogP contribution in [0, 0.1) is 5.82 Å². The third kappa shape index (κ3) is 2.98. The van der Waals surface area contributed by atoms with Gasteiger partial charge in [-0.3, -0.25) is 4.98 Å². The number of hydrogen-bond acceptors (Lipinski definition) is 4. The molecule has 0 radical (unpaired) electrons. The topological polar surface area (TPSA) is 59.1 Å². The van der Waals surface area contributed by atoms with Gasteiger partial charge in [-0.1, -0.05) is 6.07 Å². The van der Waals surface area contributed by atoms with E-state index in [1.807, 2.05) is 0 Å². The minimum absolute atomic E-state index is 0.0509. The molecule has 1 aromatic carbocycles. The van der Waals surface area contributed by atoms with Crippen LogP contribution in [0.4, 0.5) is 4.39 Å². The van der Waals surface area contributed by atoms with Crippen molar-refractivity contribution < 1.29 is 12.8 Å². The highest BCUT2D eigenvalue weighted by Gasteiger charge is 2.30. The van der Waals surface area contributed by atoms with Crippen molar-refractivity contribution in [2.75, 3.05) is 5.75 Å². The normalized spacial score (nSPS) is 24.5. The van der Waals surface area contributed by atoms with Gasteiger partial charge in [0.05, 0.1) is 16.5 Å². The average molecular weight is 322 g/mol. The van der Waals surface area contributed by atoms with Crippen molar-refractivity contribution in [3.63, 3.8) is 0 Å². The van der Waals surface area contributed by atoms with Crippen molar-refractivity contribution in [3.05, 3.63) is 41.8 Å². The molecular formula is C16H19FN2O2S. The molecular weight excluding hydrogens is 303 g/mol. The third-order valence-corrected chi connectivity index (χ3v) is 6.68. The van der Waals surface area contributed by atoms with Gasteiger partial charge in [0.1, 0.15) is 5.82 Å². The predicted molar refractivity (Wildman–Crippen MR) is 84.8 cm³/mol. The van der Waals surface area contributed by atoms with Crippen molar-refractivity contribution in [2.24, 2.45) is 0 Å². The molecule has 1 aromatic heterocycles. The fourth-order valence-corrected chi connectivity index (χ4v) is 4.57. The molecule has 0 spiro atoms. The maximum Gasteiger partial charge on any atom is 0.154 e. The number of nitrogens with zero attached hydrogens (tertiary/aromatic N) is 1. The Labute approximate surface area is 129 Å². The lowest BCUT2D eigenvalue weighted by molar-refractivity contribution is 0.459. The second-order valence-electron chi connectivity index (χ2n) is 5.90. The van der Waals surface area contributed by atoms with Crippen molar-refractivity contribution in [1.29, 1.82) is 0 Å². The van der Waals surface area contributed by atoms with Gasteiger partial charge in [0, 0.05) is 24.2 Å². The van der Waals surface area contributed by atoms with E-state index in [1.54, 1.807) is 31.3 Å². The number of pyridine rings is 1. The molecule has 2 aromatic rings. The van der Waals surface area contributed by atoms with E-state index in [9.17, 15) is 12.8 Å². The van der Waals surface area contributed by atoms with Crippen molar-refractivity contribution in [2.45, 2.75) is 37.6 Å². The number of aromatic nitrogens is 1. The first-order valence-corrected chi connectivity index (χ1v) is 9.16. The molecule has 0 amide bonds. The van der Waals surface area contributed by atoms with E-state index in [0.29, 0.717) is 23.9 Å². The number of rotatable bonds is 3. The molecule has 4 nitrogen and oxygen atoms in total. The van der Waals surface area contributed by atoms with E-state index < -0.39 is 9.84 Å². The summed E-state index contributed by atoms with van der Waals surface area (Å²) in [7, 11) is -3.00. The summed E-state index contributed by atoms with van der Waals surface area (Å²) in [6.45, 7) is 2.26. The molecule has 0 saturated carbocycles. The summed E-state index contributed by atoms with van der Waals surface area (Å²) in [6, 6.07) is 6.49. The fraction of sp³-hybridized carbons (Fsp3) is 0.438.